The number of fused-ring (bicyclic) bond motifs is 5. The van der Waals surface area contributed by atoms with Crippen molar-refractivity contribution in [1.29, 1.82) is 0 Å². The van der Waals surface area contributed by atoms with Gasteiger partial charge in [-0.1, -0.05) is 85.3 Å². The van der Waals surface area contributed by atoms with Gasteiger partial charge in [-0.25, -0.2) is 0 Å². The molecule has 1 amide bonds. The minimum Gasteiger partial charge on any atom is -0.462 e. The van der Waals surface area contributed by atoms with E-state index < -0.39 is 5.92 Å². The number of unbranched alkanes of at least 4 members (excludes halogenated alkanes) is 3. The first-order chi connectivity index (χ1) is 23.4. The number of carbonyl (C=O) groups excluding carboxylic acids is 4. The normalized spacial score (nSPS) is 34.6. The Labute approximate surface area is 298 Å². The third-order valence-corrected chi connectivity index (χ3v) is 14.5. The van der Waals surface area contributed by atoms with E-state index in [4.69, 9.17) is 4.74 Å². The van der Waals surface area contributed by atoms with Crippen molar-refractivity contribution in [1.82, 2.24) is 4.90 Å². The first kappa shape index (κ1) is 38.3. The van der Waals surface area contributed by atoms with E-state index in [9.17, 15) is 19.2 Å². The first-order valence-corrected chi connectivity index (χ1v) is 20.6. The number of allylic oxidation sites excluding steroid dienone is 1. The molecule has 5 rings (SSSR count). The second-order valence-electron chi connectivity index (χ2n) is 18.1. The summed E-state index contributed by atoms with van der Waals surface area (Å²) in [5.74, 6) is 4.11. The molecule has 1 heterocycles. The second-order valence-corrected chi connectivity index (χ2v) is 18.1. The van der Waals surface area contributed by atoms with Gasteiger partial charge in [-0.2, -0.15) is 0 Å². The van der Waals surface area contributed by atoms with Crippen LogP contribution in [0.25, 0.3) is 0 Å². The van der Waals surface area contributed by atoms with Crippen LogP contribution in [0.2, 0.25) is 0 Å². The van der Waals surface area contributed by atoms with Gasteiger partial charge in [-0.15, -0.1) is 0 Å². The van der Waals surface area contributed by atoms with Gasteiger partial charge in [0.05, 0.1) is 12.5 Å². The number of hydrogen-bond donors (Lipinski definition) is 0. The van der Waals surface area contributed by atoms with Gasteiger partial charge in [0.2, 0.25) is 5.91 Å². The molecule has 6 heteroatoms. The van der Waals surface area contributed by atoms with Crippen LogP contribution in [0.15, 0.2) is 11.6 Å². The van der Waals surface area contributed by atoms with Gasteiger partial charge in [0.1, 0.15) is 11.9 Å². The molecule has 0 spiro atoms. The van der Waals surface area contributed by atoms with Crippen LogP contribution in [0.4, 0.5) is 0 Å². The number of rotatable bonds is 16. The quantitative estimate of drug-likeness (QED) is 0.0702. The largest absolute Gasteiger partial charge is 0.462 e. The molecular formula is C43H69NO5. The lowest BCUT2D eigenvalue weighted by molar-refractivity contribution is -0.151. The zero-order valence-corrected chi connectivity index (χ0v) is 32.0. The first-order valence-electron chi connectivity index (χ1n) is 20.6. The summed E-state index contributed by atoms with van der Waals surface area (Å²) in [5, 5.41) is 0. The molecule has 6 nitrogen and oxygen atoms in total. The standard InChI is InChI=1S/C43H69NO5/c1-7-13-38(45)34-27-44(28-39(34)46)40(47)16-10-8-9-11-17-41(48)49-32-22-24-42(5)31(26-32)18-19-33-36-21-20-35(30(4)15-12-14-29(2)3)43(36,6)25-23-37(33)42/h18,29-30,32-37H,7-17,19-28H2,1-6H3/t30?,32-,33?,34?,35+,36?,37?,42-,43+/m0/s1. The van der Waals surface area contributed by atoms with Gasteiger partial charge in [0, 0.05) is 32.2 Å². The number of ketones is 2. The molecule has 276 valence electrons. The highest BCUT2D eigenvalue weighted by molar-refractivity contribution is 6.06. The smallest absolute Gasteiger partial charge is 0.306 e. The minimum atomic E-state index is -0.624. The predicted molar refractivity (Wildman–Crippen MR) is 196 cm³/mol. The van der Waals surface area contributed by atoms with Crippen LogP contribution in [0.3, 0.4) is 0 Å². The zero-order valence-electron chi connectivity index (χ0n) is 32.0. The summed E-state index contributed by atoms with van der Waals surface area (Å²) in [7, 11) is 0. The SMILES string of the molecule is CCCC(=O)C1CN(C(=O)CCCCCCC(=O)O[C@H]2CC[C@@]3(C)C(=CCC4C3CC[C@@]3(C)C4CC[C@@H]3C(C)CCCC(C)C)C2)CC1=O. The minimum absolute atomic E-state index is 0.00797. The maximum Gasteiger partial charge on any atom is 0.306 e. The molecule has 5 unspecified atom stereocenters. The van der Waals surface area contributed by atoms with E-state index >= 15 is 0 Å². The molecular weight excluding hydrogens is 610 g/mol. The summed E-state index contributed by atoms with van der Waals surface area (Å²) in [6.07, 6.45) is 21.8. The Balaban J connectivity index is 1.02. The number of hydrogen-bond acceptors (Lipinski definition) is 5. The maximum atomic E-state index is 12.8. The Kier molecular flexibility index (Phi) is 12.9. The van der Waals surface area contributed by atoms with Crippen LogP contribution >= 0.6 is 0 Å². The molecule has 1 aliphatic heterocycles. The Morgan fingerprint density at radius 1 is 0.898 bits per heavy atom. The van der Waals surface area contributed by atoms with Crippen LogP contribution in [-0.4, -0.2) is 47.5 Å². The van der Waals surface area contributed by atoms with Crippen molar-refractivity contribution in [3.8, 4) is 0 Å². The molecule has 49 heavy (non-hydrogen) atoms. The summed E-state index contributed by atoms with van der Waals surface area (Å²) in [4.78, 5) is 51.4. The van der Waals surface area contributed by atoms with Gasteiger partial charge in [0.15, 0.2) is 5.78 Å². The summed E-state index contributed by atoms with van der Waals surface area (Å²) in [6, 6.07) is 0. The Morgan fingerprint density at radius 3 is 2.39 bits per heavy atom. The van der Waals surface area contributed by atoms with Crippen LogP contribution in [-0.2, 0) is 23.9 Å². The summed E-state index contributed by atoms with van der Waals surface area (Å²) in [6.45, 7) is 14.7. The van der Waals surface area contributed by atoms with E-state index in [0.29, 0.717) is 24.7 Å². The molecule has 3 saturated carbocycles. The summed E-state index contributed by atoms with van der Waals surface area (Å²) < 4.78 is 6.06. The van der Waals surface area contributed by atoms with E-state index in [0.717, 1.165) is 86.9 Å². The molecule has 4 fully saturated rings. The van der Waals surface area contributed by atoms with Crippen molar-refractivity contribution < 1.29 is 23.9 Å². The van der Waals surface area contributed by atoms with Gasteiger partial charge >= 0.3 is 5.97 Å². The fourth-order valence-corrected chi connectivity index (χ4v) is 11.6. The lowest BCUT2D eigenvalue weighted by atomic mass is 9.47. The maximum absolute atomic E-state index is 12.8. The molecule has 0 aromatic carbocycles. The molecule has 1 saturated heterocycles. The van der Waals surface area contributed by atoms with Gasteiger partial charge in [-0.3, -0.25) is 19.2 Å². The van der Waals surface area contributed by atoms with Crippen molar-refractivity contribution in [3.63, 3.8) is 0 Å². The van der Waals surface area contributed by atoms with Crippen LogP contribution in [0.1, 0.15) is 164 Å². The Bertz CT molecular complexity index is 1220. The van der Waals surface area contributed by atoms with Crippen molar-refractivity contribution in [2.75, 3.05) is 13.1 Å². The van der Waals surface area contributed by atoms with Gasteiger partial charge in [-0.05, 0) is 111 Å². The summed E-state index contributed by atoms with van der Waals surface area (Å²) >= 11 is 0. The van der Waals surface area contributed by atoms with Crippen LogP contribution < -0.4 is 0 Å². The number of amides is 1. The average molecular weight is 680 g/mol. The van der Waals surface area contributed by atoms with Crippen molar-refractivity contribution in [3.05, 3.63) is 11.6 Å². The second kappa shape index (κ2) is 16.6. The lowest BCUT2D eigenvalue weighted by Gasteiger charge is -2.58. The molecule has 0 aromatic heterocycles. The highest BCUT2D eigenvalue weighted by Gasteiger charge is 2.59. The average Bonchev–Trinajstić information content (AvgIpc) is 3.62. The number of ether oxygens (including phenoxy) is 1. The third-order valence-electron chi connectivity index (χ3n) is 14.5. The summed E-state index contributed by atoms with van der Waals surface area (Å²) in [5.41, 5.74) is 2.35. The third kappa shape index (κ3) is 8.57. The van der Waals surface area contributed by atoms with Gasteiger partial charge < -0.3 is 9.64 Å². The monoisotopic (exact) mass is 680 g/mol. The Morgan fingerprint density at radius 2 is 1.65 bits per heavy atom. The molecule has 4 aliphatic carbocycles. The molecule has 0 aromatic rings. The van der Waals surface area contributed by atoms with E-state index in [-0.39, 0.29) is 48.1 Å². The highest BCUT2D eigenvalue weighted by atomic mass is 16.5. The van der Waals surface area contributed by atoms with Crippen molar-refractivity contribution in [2.45, 2.75) is 170 Å². The number of esters is 1. The zero-order chi connectivity index (χ0) is 35.3. The molecule has 0 radical (unpaired) electrons. The highest BCUT2D eigenvalue weighted by Crippen LogP contribution is 2.67. The number of carbonyl (C=O) groups is 4. The van der Waals surface area contributed by atoms with Crippen molar-refractivity contribution in [2.24, 2.45) is 52.3 Å². The fourth-order valence-electron chi connectivity index (χ4n) is 11.6. The topological polar surface area (TPSA) is 80.8 Å². The lowest BCUT2D eigenvalue weighted by Crippen LogP contribution is -2.51. The molecule has 5 aliphatic rings. The Hall–Kier alpha value is -1.98. The van der Waals surface area contributed by atoms with Crippen LogP contribution in [0.5, 0.6) is 0 Å². The number of Topliss-reactive ketones (excluding diaryl/α,β-unsaturated/α-hetero) is 2. The van der Waals surface area contributed by atoms with E-state index in [1.807, 2.05) is 6.92 Å². The number of likely N-dealkylation sites (tertiary alicyclic amines) is 1. The van der Waals surface area contributed by atoms with E-state index in [2.05, 4.69) is 40.7 Å². The fraction of sp³-hybridized carbons (Fsp3) is 0.860. The van der Waals surface area contributed by atoms with E-state index in [1.165, 1.54) is 51.4 Å². The van der Waals surface area contributed by atoms with Gasteiger partial charge in [0.25, 0.3) is 0 Å². The van der Waals surface area contributed by atoms with Crippen molar-refractivity contribution >= 4 is 23.4 Å². The molecule has 0 bridgehead atoms. The van der Waals surface area contributed by atoms with E-state index in [1.54, 1.807) is 10.5 Å². The van der Waals surface area contributed by atoms with Crippen LogP contribution in [0, 0.1) is 52.3 Å². The molecule has 0 N–H and O–H groups in total. The predicted octanol–water partition coefficient (Wildman–Crippen LogP) is 9.68. The number of nitrogens with zero attached hydrogens (tertiary/aromatic N) is 1. The molecule has 9 atom stereocenters.